The number of anilines is 3. The summed E-state index contributed by atoms with van der Waals surface area (Å²) in [6, 6.07) is 5.56. The second kappa shape index (κ2) is 10.8. The second-order valence-corrected chi connectivity index (χ2v) is 10.1. The van der Waals surface area contributed by atoms with Crippen LogP contribution in [0.1, 0.15) is 31.6 Å². The van der Waals surface area contributed by atoms with Gasteiger partial charge in [-0.25, -0.2) is 14.6 Å². The van der Waals surface area contributed by atoms with Gasteiger partial charge in [0.25, 0.3) is 5.91 Å². The van der Waals surface area contributed by atoms with Gasteiger partial charge in [-0.05, 0) is 37.5 Å². The van der Waals surface area contributed by atoms with Gasteiger partial charge in [0, 0.05) is 24.4 Å². The zero-order valence-corrected chi connectivity index (χ0v) is 22.4. The van der Waals surface area contributed by atoms with Gasteiger partial charge >= 0.3 is 6.55 Å². The topological polar surface area (TPSA) is 144 Å². The number of ether oxygens (including phenoxy) is 1. The van der Waals surface area contributed by atoms with Crippen molar-refractivity contribution in [2.24, 2.45) is 0 Å². The highest BCUT2D eigenvalue weighted by Crippen LogP contribution is 2.27. The van der Waals surface area contributed by atoms with Crippen LogP contribution in [0.15, 0.2) is 48.6 Å². The van der Waals surface area contributed by atoms with Crippen molar-refractivity contribution in [1.82, 2.24) is 39.3 Å². The largest absolute Gasteiger partial charge is 0.378 e. The highest BCUT2D eigenvalue weighted by Gasteiger charge is 2.21. The molecule has 4 aromatic heterocycles. The Morgan fingerprint density at radius 1 is 1.17 bits per heavy atom. The van der Waals surface area contributed by atoms with Crippen molar-refractivity contribution in [3.8, 4) is 5.69 Å². The lowest BCUT2D eigenvalue weighted by molar-refractivity contribution is -0.112. The average molecular weight is 576 g/mol. The van der Waals surface area contributed by atoms with E-state index in [0.717, 1.165) is 30.4 Å². The Labute approximate surface area is 237 Å². The zero-order chi connectivity index (χ0) is 28.6. The molecule has 7 rings (SSSR count). The molecule has 1 fully saturated rings. The number of aromatic amines is 1. The quantitative estimate of drug-likeness (QED) is 0.252. The number of aromatic nitrogens is 8. The van der Waals surface area contributed by atoms with Crippen LogP contribution in [0.25, 0.3) is 27.9 Å². The fraction of sp³-hybridized carbons (Fsp3) is 0.333. The molecule has 1 saturated heterocycles. The van der Waals surface area contributed by atoms with Crippen molar-refractivity contribution in [3.63, 3.8) is 0 Å². The second-order valence-electron chi connectivity index (χ2n) is 10.1. The smallest absolute Gasteiger partial charge is 0.333 e. The van der Waals surface area contributed by atoms with Crippen LogP contribution < -0.4 is 15.5 Å². The Balaban J connectivity index is 1.16. The number of hydrogen-bond donors (Lipinski definition) is 3. The van der Waals surface area contributed by atoms with E-state index in [2.05, 4.69) is 25.7 Å². The molecular weight excluding hydrogens is 548 g/mol. The first-order chi connectivity index (χ1) is 20.5. The van der Waals surface area contributed by atoms with E-state index in [-0.39, 0.29) is 5.91 Å². The summed E-state index contributed by atoms with van der Waals surface area (Å²) in [5.41, 5.74) is 4.36. The van der Waals surface area contributed by atoms with E-state index in [0.29, 0.717) is 83.2 Å². The van der Waals surface area contributed by atoms with Crippen molar-refractivity contribution in [3.05, 3.63) is 54.4 Å². The molecule has 1 amide bonds. The number of carbonyl (C=O) groups excluding carboxylic acids is 1. The van der Waals surface area contributed by atoms with Crippen LogP contribution >= 0.6 is 0 Å². The van der Waals surface area contributed by atoms with Crippen LogP contribution in [0.4, 0.5) is 26.2 Å². The number of amides is 1. The molecular formula is C27H27F2N11O2. The lowest BCUT2D eigenvalue weighted by Gasteiger charge is -2.27. The van der Waals surface area contributed by atoms with Gasteiger partial charge in [-0.2, -0.15) is 23.8 Å². The molecule has 0 unspecified atom stereocenters. The van der Waals surface area contributed by atoms with Crippen molar-refractivity contribution in [1.29, 1.82) is 0 Å². The predicted octanol–water partition coefficient (Wildman–Crippen LogP) is 3.78. The summed E-state index contributed by atoms with van der Waals surface area (Å²) < 4.78 is 34.0. The Morgan fingerprint density at radius 3 is 2.83 bits per heavy atom. The molecule has 5 heterocycles. The molecule has 1 aliphatic carbocycles. The van der Waals surface area contributed by atoms with Crippen molar-refractivity contribution in [2.45, 2.75) is 32.4 Å². The Kier molecular flexibility index (Phi) is 6.70. The number of benzene rings is 1. The van der Waals surface area contributed by atoms with E-state index in [9.17, 15) is 13.6 Å². The Bertz CT molecular complexity index is 1800. The number of rotatable bonds is 8. The molecule has 0 radical (unpaired) electrons. The summed E-state index contributed by atoms with van der Waals surface area (Å²) >= 11 is 0. The van der Waals surface area contributed by atoms with Gasteiger partial charge in [0.2, 0.25) is 5.95 Å². The van der Waals surface area contributed by atoms with Crippen molar-refractivity contribution < 1.29 is 18.3 Å². The number of morpholine rings is 1. The molecule has 15 heteroatoms. The molecule has 216 valence electrons. The maximum atomic E-state index is 13.2. The summed E-state index contributed by atoms with van der Waals surface area (Å²) in [5, 5.41) is 10.0. The number of hydrogen-bond acceptors (Lipinski definition) is 9. The third kappa shape index (κ3) is 5.02. The first-order valence-corrected chi connectivity index (χ1v) is 13.7. The van der Waals surface area contributed by atoms with Crippen LogP contribution in [0.5, 0.6) is 0 Å². The number of H-pyrrole nitrogens is 1. The first kappa shape index (κ1) is 26.0. The lowest BCUT2D eigenvalue weighted by Crippen LogP contribution is -2.37. The molecule has 0 saturated carbocycles. The van der Waals surface area contributed by atoms with E-state index in [4.69, 9.17) is 19.7 Å². The fourth-order valence-electron chi connectivity index (χ4n) is 5.14. The number of nitrogens with one attached hydrogen (secondary N) is 3. The van der Waals surface area contributed by atoms with Gasteiger partial charge in [0.15, 0.2) is 17.0 Å². The molecule has 42 heavy (non-hydrogen) atoms. The monoisotopic (exact) mass is 575 g/mol. The summed E-state index contributed by atoms with van der Waals surface area (Å²) in [6.45, 7) is -0.142. The van der Waals surface area contributed by atoms with Crippen LogP contribution in [0.2, 0.25) is 0 Å². The van der Waals surface area contributed by atoms with Gasteiger partial charge in [0.05, 0.1) is 48.9 Å². The molecule has 1 aliphatic heterocycles. The molecule has 13 nitrogen and oxygen atoms in total. The van der Waals surface area contributed by atoms with Gasteiger partial charge in [0.1, 0.15) is 12.2 Å². The minimum absolute atomic E-state index is 0.0749. The Morgan fingerprint density at radius 2 is 2.05 bits per heavy atom. The number of allylic oxidation sites excluding steroid dienone is 1. The SMILES string of the molecule is O=C(Nc1ccc2[nH]c(CNc3nc(N4CCOCC4)nc4c3ncn4-c3cnn(C(F)F)c3)nc2c1)C1=CCCC1. The normalized spacial score (nSPS) is 15.6. The molecule has 2 aliphatic rings. The number of imidazole rings is 2. The maximum Gasteiger partial charge on any atom is 0.333 e. The first-order valence-electron chi connectivity index (χ1n) is 13.7. The maximum absolute atomic E-state index is 13.2. The summed E-state index contributed by atoms with van der Waals surface area (Å²) in [5.74, 6) is 1.52. The lowest BCUT2D eigenvalue weighted by atomic mass is 10.2. The van der Waals surface area contributed by atoms with Crippen LogP contribution in [0, 0.1) is 0 Å². The average Bonchev–Trinajstić information content (AvgIpc) is 3.82. The van der Waals surface area contributed by atoms with Gasteiger partial charge in [-0.1, -0.05) is 6.08 Å². The van der Waals surface area contributed by atoms with E-state index in [1.807, 2.05) is 29.2 Å². The van der Waals surface area contributed by atoms with Gasteiger partial charge < -0.3 is 25.3 Å². The molecule has 0 spiro atoms. The molecule has 0 bridgehead atoms. The third-order valence-corrected chi connectivity index (χ3v) is 7.29. The number of halogens is 2. The number of fused-ring (bicyclic) bond motifs is 2. The van der Waals surface area contributed by atoms with Gasteiger partial charge in [-0.3, -0.25) is 9.36 Å². The van der Waals surface area contributed by atoms with Crippen LogP contribution in [0.3, 0.4) is 0 Å². The van der Waals surface area contributed by atoms with E-state index in [1.54, 1.807) is 4.57 Å². The zero-order valence-electron chi connectivity index (χ0n) is 22.4. The highest BCUT2D eigenvalue weighted by molar-refractivity contribution is 6.04. The molecule has 3 N–H and O–H groups in total. The minimum atomic E-state index is -2.76. The number of carbonyl (C=O) groups is 1. The molecule has 5 aromatic rings. The van der Waals surface area contributed by atoms with Crippen LogP contribution in [-0.4, -0.2) is 71.5 Å². The van der Waals surface area contributed by atoms with Gasteiger partial charge in [-0.15, -0.1) is 0 Å². The standard InChI is InChI=1S/C27H27F2N11O2/c28-26(29)40-14-18(12-32-40)39-15-31-22-23(36-27(37-24(22)39)38-7-9-42-10-8-38)30-13-21-34-19-6-5-17(11-20(19)35-21)33-25(41)16-3-1-2-4-16/h3,5-6,11-12,14-15,26H,1-2,4,7-10,13H2,(H,33,41)(H,34,35)(H,30,36,37). The van der Waals surface area contributed by atoms with Crippen molar-refractivity contribution >= 4 is 45.6 Å². The molecule has 1 aromatic carbocycles. The summed E-state index contributed by atoms with van der Waals surface area (Å²) in [7, 11) is 0. The Hall–Kier alpha value is -4.92. The summed E-state index contributed by atoms with van der Waals surface area (Å²) in [6.07, 6.45) is 8.83. The number of nitrogens with zero attached hydrogens (tertiary/aromatic N) is 8. The van der Waals surface area contributed by atoms with Crippen LogP contribution in [-0.2, 0) is 16.1 Å². The summed E-state index contributed by atoms with van der Waals surface area (Å²) in [4.78, 5) is 36.5. The number of alkyl halides is 2. The third-order valence-electron chi connectivity index (χ3n) is 7.29. The van der Waals surface area contributed by atoms with Crippen molar-refractivity contribution in [2.75, 3.05) is 41.8 Å². The molecule has 0 atom stereocenters. The van der Waals surface area contributed by atoms with E-state index in [1.165, 1.54) is 18.7 Å². The van der Waals surface area contributed by atoms with E-state index >= 15 is 0 Å². The minimum Gasteiger partial charge on any atom is -0.378 e. The predicted molar refractivity (Wildman–Crippen MR) is 151 cm³/mol. The van der Waals surface area contributed by atoms with E-state index < -0.39 is 6.55 Å². The fourth-order valence-corrected chi connectivity index (χ4v) is 5.14. The highest BCUT2D eigenvalue weighted by atomic mass is 19.3.